The number of benzene rings is 1. The Bertz CT molecular complexity index is 447. The normalized spacial score (nSPS) is 24.3. The first-order valence-electron chi connectivity index (χ1n) is 6.11. The van der Waals surface area contributed by atoms with Gasteiger partial charge in [-0.05, 0) is 38.0 Å². The minimum absolute atomic E-state index is 0.0512. The number of hydrogen-bond donors (Lipinski definition) is 1. The zero-order valence-corrected chi connectivity index (χ0v) is 10.4. The highest BCUT2D eigenvalue weighted by Crippen LogP contribution is 2.33. The summed E-state index contributed by atoms with van der Waals surface area (Å²) in [5, 5.41) is 3.00. The van der Waals surface area contributed by atoms with Crippen molar-refractivity contribution in [3.63, 3.8) is 0 Å². The molecular formula is C13H15F4NO. The Morgan fingerprint density at radius 3 is 2.68 bits per heavy atom. The summed E-state index contributed by atoms with van der Waals surface area (Å²) in [7, 11) is 0. The second-order valence-electron chi connectivity index (χ2n) is 4.74. The Morgan fingerprint density at radius 1 is 1.32 bits per heavy atom. The monoisotopic (exact) mass is 277 g/mol. The second-order valence-corrected chi connectivity index (χ2v) is 4.74. The quantitative estimate of drug-likeness (QED) is 0.830. The summed E-state index contributed by atoms with van der Waals surface area (Å²) in [5.41, 5.74) is -0.953. The van der Waals surface area contributed by atoms with Crippen LogP contribution >= 0.6 is 0 Å². The van der Waals surface area contributed by atoms with E-state index in [0.717, 1.165) is 25.0 Å². The van der Waals surface area contributed by atoms with E-state index in [0.29, 0.717) is 6.61 Å². The molecular weight excluding hydrogens is 262 g/mol. The van der Waals surface area contributed by atoms with Gasteiger partial charge in [-0.15, -0.1) is 0 Å². The first-order chi connectivity index (χ1) is 8.86. The van der Waals surface area contributed by atoms with E-state index < -0.39 is 17.6 Å². The second kappa shape index (κ2) is 5.36. The molecule has 1 heterocycles. The molecule has 0 saturated carbocycles. The molecule has 0 amide bonds. The molecule has 1 aromatic carbocycles. The molecule has 1 aromatic rings. The summed E-state index contributed by atoms with van der Waals surface area (Å²) >= 11 is 0. The zero-order valence-electron chi connectivity index (χ0n) is 10.4. The topological polar surface area (TPSA) is 21.3 Å². The molecule has 2 rings (SSSR count). The minimum Gasteiger partial charge on any atom is -0.382 e. The van der Waals surface area contributed by atoms with Crippen LogP contribution in [0.1, 0.15) is 25.3 Å². The van der Waals surface area contributed by atoms with Crippen molar-refractivity contribution in [2.75, 3.05) is 11.9 Å². The van der Waals surface area contributed by atoms with Gasteiger partial charge in [-0.2, -0.15) is 13.2 Å². The Hall–Kier alpha value is -1.30. The Kier molecular flexibility index (Phi) is 3.99. The molecule has 6 heteroatoms. The molecule has 1 aliphatic heterocycles. The number of nitrogens with one attached hydrogen (secondary N) is 1. The predicted octanol–water partition coefficient (Wildman–Crippen LogP) is 3.82. The van der Waals surface area contributed by atoms with Crippen molar-refractivity contribution in [3.8, 4) is 0 Å². The third-order valence-corrected chi connectivity index (χ3v) is 3.13. The smallest absolute Gasteiger partial charge is 0.382 e. The van der Waals surface area contributed by atoms with Crippen LogP contribution in [-0.4, -0.2) is 18.8 Å². The highest BCUT2D eigenvalue weighted by molar-refractivity contribution is 5.47. The fourth-order valence-electron chi connectivity index (χ4n) is 2.20. The Balaban J connectivity index is 2.13. The van der Waals surface area contributed by atoms with Crippen molar-refractivity contribution in [2.45, 2.75) is 38.1 Å². The van der Waals surface area contributed by atoms with Gasteiger partial charge >= 0.3 is 6.18 Å². The van der Waals surface area contributed by atoms with Gasteiger partial charge in [0, 0.05) is 18.3 Å². The lowest BCUT2D eigenvalue weighted by molar-refractivity contribution is -0.139. The van der Waals surface area contributed by atoms with E-state index in [-0.39, 0.29) is 17.8 Å². The molecule has 19 heavy (non-hydrogen) atoms. The van der Waals surface area contributed by atoms with Crippen LogP contribution in [0.2, 0.25) is 0 Å². The molecule has 2 atom stereocenters. The Labute approximate surface area is 108 Å². The Morgan fingerprint density at radius 2 is 2.05 bits per heavy atom. The molecule has 0 bridgehead atoms. The largest absolute Gasteiger partial charge is 0.419 e. The molecule has 0 aliphatic carbocycles. The summed E-state index contributed by atoms with van der Waals surface area (Å²) < 4.78 is 56.2. The average molecular weight is 277 g/mol. The van der Waals surface area contributed by atoms with Crippen molar-refractivity contribution in [2.24, 2.45) is 0 Å². The van der Waals surface area contributed by atoms with Crippen molar-refractivity contribution in [3.05, 3.63) is 29.6 Å². The van der Waals surface area contributed by atoms with E-state index in [2.05, 4.69) is 5.32 Å². The average Bonchev–Trinajstić information content (AvgIpc) is 2.30. The maximum atomic E-state index is 13.1. The van der Waals surface area contributed by atoms with Crippen molar-refractivity contribution < 1.29 is 22.3 Å². The molecule has 1 aliphatic rings. The summed E-state index contributed by atoms with van der Waals surface area (Å²) in [6.45, 7) is 2.49. The summed E-state index contributed by atoms with van der Waals surface area (Å²) in [5.74, 6) is -1.25. The van der Waals surface area contributed by atoms with Gasteiger partial charge in [0.05, 0.1) is 11.7 Å². The molecule has 0 aromatic heterocycles. The fraction of sp³-hybridized carbons (Fsp3) is 0.538. The lowest BCUT2D eigenvalue weighted by atomic mass is 10.0. The van der Waals surface area contributed by atoms with Gasteiger partial charge in [-0.25, -0.2) is 4.39 Å². The van der Waals surface area contributed by atoms with E-state index in [4.69, 9.17) is 4.74 Å². The van der Waals surface area contributed by atoms with Crippen LogP contribution < -0.4 is 5.32 Å². The molecule has 0 spiro atoms. The standard InChI is InChI=1S/C13H15F4NO/c1-8-6-10(4-5-19-8)18-9-2-3-12(14)11(7-9)13(15,16)17/h2-3,7-8,10,18H,4-6H2,1H3. The molecule has 1 saturated heterocycles. The highest BCUT2D eigenvalue weighted by atomic mass is 19.4. The number of anilines is 1. The zero-order chi connectivity index (χ0) is 14.0. The van der Waals surface area contributed by atoms with E-state index in [1.807, 2.05) is 6.92 Å². The molecule has 106 valence electrons. The minimum atomic E-state index is -4.68. The molecule has 1 N–H and O–H groups in total. The van der Waals surface area contributed by atoms with Crippen LogP contribution in [0, 0.1) is 5.82 Å². The predicted molar refractivity (Wildman–Crippen MR) is 63.5 cm³/mol. The summed E-state index contributed by atoms with van der Waals surface area (Å²) in [6.07, 6.45) is -3.15. The third-order valence-electron chi connectivity index (χ3n) is 3.13. The molecule has 0 radical (unpaired) electrons. The van der Waals surface area contributed by atoms with E-state index >= 15 is 0 Å². The third kappa shape index (κ3) is 3.59. The van der Waals surface area contributed by atoms with Crippen LogP contribution in [0.3, 0.4) is 0 Å². The van der Waals surface area contributed by atoms with E-state index in [1.54, 1.807) is 0 Å². The van der Waals surface area contributed by atoms with Gasteiger partial charge in [0.2, 0.25) is 0 Å². The maximum absolute atomic E-state index is 13.1. The van der Waals surface area contributed by atoms with Gasteiger partial charge < -0.3 is 10.1 Å². The van der Waals surface area contributed by atoms with Crippen molar-refractivity contribution in [1.29, 1.82) is 0 Å². The van der Waals surface area contributed by atoms with Crippen molar-refractivity contribution >= 4 is 5.69 Å². The van der Waals surface area contributed by atoms with Crippen LogP contribution in [-0.2, 0) is 10.9 Å². The van der Waals surface area contributed by atoms with Crippen LogP contribution in [0.5, 0.6) is 0 Å². The fourth-order valence-corrected chi connectivity index (χ4v) is 2.20. The van der Waals surface area contributed by atoms with Crippen LogP contribution in [0.15, 0.2) is 18.2 Å². The summed E-state index contributed by atoms with van der Waals surface area (Å²) in [4.78, 5) is 0. The lowest BCUT2D eigenvalue weighted by Crippen LogP contribution is -2.32. The van der Waals surface area contributed by atoms with Gasteiger partial charge in [-0.3, -0.25) is 0 Å². The first kappa shape index (κ1) is 14.1. The van der Waals surface area contributed by atoms with Crippen molar-refractivity contribution in [1.82, 2.24) is 0 Å². The van der Waals surface area contributed by atoms with Gasteiger partial charge in [0.25, 0.3) is 0 Å². The number of rotatable bonds is 2. The van der Waals surface area contributed by atoms with Gasteiger partial charge in [0.1, 0.15) is 5.82 Å². The lowest BCUT2D eigenvalue weighted by Gasteiger charge is -2.29. The van der Waals surface area contributed by atoms with Crippen LogP contribution in [0.25, 0.3) is 0 Å². The van der Waals surface area contributed by atoms with Gasteiger partial charge in [0.15, 0.2) is 0 Å². The number of halogens is 4. The number of hydrogen-bond acceptors (Lipinski definition) is 2. The van der Waals surface area contributed by atoms with Gasteiger partial charge in [-0.1, -0.05) is 0 Å². The highest BCUT2D eigenvalue weighted by Gasteiger charge is 2.34. The number of ether oxygens (including phenoxy) is 1. The molecule has 2 unspecified atom stereocenters. The van der Waals surface area contributed by atoms with E-state index in [1.165, 1.54) is 6.07 Å². The van der Waals surface area contributed by atoms with E-state index in [9.17, 15) is 17.6 Å². The maximum Gasteiger partial charge on any atom is 0.419 e. The number of alkyl halides is 3. The first-order valence-corrected chi connectivity index (χ1v) is 6.11. The SMILES string of the molecule is CC1CC(Nc2ccc(F)c(C(F)(F)F)c2)CCO1. The summed E-state index contributed by atoms with van der Waals surface area (Å²) in [6, 6.07) is 3.03. The molecule has 1 fully saturated rings. The van der Waals surface area contributed by atoms with Crippen LogP contribution in [0.4, 0.5) is 23.2 Å². The molecule has 2 nitrogen and oxygen atoms in total.